The van der Waals surface area contributed by atoms with Crippen molar-refractivity contribution in [3.8, 4) is 22.5 Å². The maximum atomic E-state index is 6.65. The Morgan fingerprint density at radius 2 is 0.911 bits per heavy atom. The highest BCUT2D eigenvalue weighted by Gasteiger charge is 2.20. The zero-order chi connectivity index (χ0) is 29.5. The average molecular weight is 575 g/mol. The molecule has 10 rings (SSSR count). The minimum absolute atomic E-state index is 0.909. The lowest BCUT2D eigenvalue weighted by Crippen LogP contribution is -1.95. The van der Waals surface area contributed by atoms with E-state index in [-0.39, 0.29) is 0 Å². The van der Waals surface area contributed by atoms with Crippen molar-refractivity contribution in [2.45, 2.75) is 0 Å². The van der Waals surface area contributed by atoms with Crippen LogP contribution in [0.2, 0.25) is 0 Å². The quantitative estimate of drug-likeness (QED) is 0.206. The summed E-state index contributed by atoms with van der Waals surface area (Å²) in [6.45, 7) is 0. The highest BCUT2D eigenvalue weighted by Crippen LogP contribution is 2.42. The third-order valence-electron chi connectivity index (χ3n) is 9.33. The van der Waals surface area contributed by atoms with E-state index in [0.29, 0.717) is 0 Å². The molecule has 3 heterocycles. The predicted molar refractivity (Wildman–Crippen MR) is 188 cm³/mol. The Morgan fingerprint density at radius 1 is 0.356 bits per heavy atom. The van der Waals surface area contributed by atoms with E-state index in [1.165, 1.54) is 38.3 Å². The van der Waals surface area contributed by atoms with Crippen LogP contribution in [0.1, 0.15) is 0 Å². The summed E-state index contributed by atoms with van der Waals surface area (Å²) < 4.78 is 11.4. The van der Waals surface area contributed by atoms with Gasteiger partial charge in [0.2, 0.25) is 0 Å². The van der Waals surface area contributed by atoms with Gasteiger partial charge in [-0.1, -0.05) is 97.1 Å². The first-order chi connectivity index (χ1) is 22.3. The van der Waals surface area contributed by atoms with Gasteiger partial charge in [0.1, 0.15) is 11.2 Å². The molecule has 0 aliphatic carbocycles. The lowest BCUT2D eigenvalue weighted by atomic mass is 10.1. The number of para-hydroxylation sites is 3. The Hall–Kier alpha value is -6.06. The van der Waals surface area contributed by atoms with Crippen molar-refractivity contribution in [2.24, 2.45) is 0 Å². The molecule has 0 spiro atoms. The van der Waals surface area contributed by atoms with Crippen LogP contribution >= 0.6 is 0 Å². The molecule has 0 aliphatic heterocycles. The lowest BCUT2D eigenvalue weighted by Gasteiger charge is -2.11. The maximum Gasteiger partial charge on any atom is 0.145 e. The van der Waals surface area contributed by atoms with E-state index >= 15 is 0 Å². The van der Waals surface area contributed by atoms with Crippen LogP contribution in [-0.4, -0.2) is 9.13 Å². The zero-order valence-corrected chi connectivity index (χ0v) is 24.3. The fourth-order valence-electron chi connectivity index (χ4n) is 7.33. The first kappa shape index (κ1) is 24.4. The molecule has 210 valence electrons. The SMILES string of the molecule is c1ccc(-c2ccc(-n3c4ccc(-n5c6ccccc6c6ccccc65)cc4c4c5oc6ccccc6c5ccc43)cc2)cc1. The van der Waals surface area contributed by atoms with E-state index in [9.17, 15) is 0 Å². The van der Waals surface area contributed by atoms with Crippen molar-refractivity contribution in [2.75, 3.05) is 0 Å². The minimum atomic E-state index is 0.909. The van der Waals surface area contributed by atoms with E-state index in [2.05, 4.69) is 161 Å². The van der Waals surface area contributed by atoms with Gasteiger partial charge in [-0.15, -0.1) is 0 Å². The van der Waals surface area contributed by atoms with Gasteiger partial charge in [0.05, 0.1) is 27.5 Å². The van der Waals surface area contributed by atoms with E-state index < -0.39 is 0 Å². The minimum Gasteiger partial charge on any atom is -0.455 e. The molecule has 3 nitrogen and oxygen atoms in total. The summed E-state index contributed by atoms with van der Waals surface area (Å²) >= 11 is 0. The molecule has 3 aromatic heterocycles. The number of nitrogens with zero attached hydrogens (tertiary/aromatic N) is 2. The first-order valence-corrected chi connectivity index (χ1v) is 15.4. The Balaban J connectivity index is 1.29. The molecule has 0 unspecified atom stereocenters. The van der Waals surface area contributed by atoms with Crippen molar-refractivity contribution in [1.82, 2.24) is 9.13 Å². The molecule has 45 heavy (non-hydrogen) atoms. The van der Waals surface area contributed by atoms with Crippen LogP contribution in [0, 0.1) is 0 Å². The number of hydrogen-bond donors (Lipinski definition) is 0. The normalized spacial score (nSPS) is 12.0. The highest BCUT2D eigenvalue weighted by atomic mass is 16.3. The number of hydrogen-bond acceptors (Lipinski definition) is 1. The molecule has 0 saturated carbocycles. The molecule has 0 radical (unpaired) electrons. The fraction of sp³-hybridized carbons (Fsp3) is 0. The lowest BCUT2D eigenvalue weighted by molar-refractivity contribution is 0.673. The third kappa shape index (κ3) is 3.46. The fourth-order valence-corrected chi connectivity index (χ4v) is 7.33. The van der Waals surface area contributed by atoms with Crippen LogP contribution in [0.25, 0.3) is 88.1 Å². The molecule has 10 aromatic rings. The molecule has 0 saturated heterocycles. The summed E-state index contributed by atoms with van der Waals surface area (Å²) in [4.78, 5) is 0. The van der Waals surface area contributed by atoms with Crippen molar-refractivity contribution in [3.63, 3.8) is 0 Å². The standard InChI is InChI=1S/C42H26N2O/c1-2-10-27(11-3-1)28-18-20-29(21-19-28)43-38-24-22-30(44-36-15-7-4-12-31(36)32-13-5-8-16-37(32)44)26-35(38)41-39(43)25-23-34-33-14-6-9-17-40(33)45-42(34)41/h1-26H. The van der Waals surface area contributed by atoms with Gasteiger partial charge >= 0.3 is 0 Å². The van der Waals surface area contributed by atoms with Gasteiger partial charge in [-0.25, -0.2) is 0 Å². The zero-order valence-electron chi connectivity index (χ0n) is 24.3. The van der Waals surface area contributed by atoms with Crippen LogP contribution in [-0.2, 0) is 0 Å². The van der Waals surface area contributed by atoms with E-state index in [1.807, 2.05) is 6.07 Å². The Morgan fingerprint density at radius 3 is 1.67 bits per heavy atom. The van der Waals surface area contributed by atoms with Crippen molar-refractivity contribution in [3.05, 3.63) is 158 Å². The first-order valence-electron chi connectivity index (χ1n) is 15.4. The van der Waals surface area contributed by atoms with E-state index in [4.69, 9.17) is 4.42 Å². The Kier molecular flexibility index (Phi) is 5.00. The van der Waals surface area contributed by atoms with Gasteiger partial charge in [-0.3, -0.25) is 0 Å². The van der Waals surface area contributed by atoms with Crippen molar-refractivity contribution in [1.29, 1.82) is 0 Å². The van der Waals surface area contributed by atoms with Crippen molar-refractivity contribution >= 4 is 65.6 Å². The van der Waals surface area contributed by atoms with Gasteiger partial charge in [0.25, 0.3) is 0 Å². The van der Waals surface area contributed by atoms with Gasteiger partial charge in [-0.2, -0.15) is 0 Å². The van der Waals surface area contributed by atoms with E-state index in [1.54, 1.807) is 0 Å². The number of furan rings is 1. The summed E-state index contributed by atoms with van der Waals surface area (Å²) in [5, 5.41) is 7.09. The second-order valence-electron chi connectivity index (χ2n) is 11.8. The summed E-state index contributed by atoms with van der Waals surface area (Å²) in [5.41, 5.74) is 11.2. The van der Waals surface area contributed by atoms with Gasteiger partial charge in [-0.05, 0) is 71.8 Å². The molecule has 0 N–H and O–H groups in total. The summed E-state index contributed by atoms with van der Waals surface area (Å²) in [7, 11) is 0. The van der Waals surface area contributed by atoms with E-state index in [0.717, 1.165) is 49.7 Å². The molecule has 3 heteroatoms. The van der Waals surface area contributed by atoms with Crippen LogP contribution in [0.15, 0.2) is 162 Å². The van der Waals surface area contributed by atoms with Crippen LogP contribution < -0.4 is 0 Å². The van der Waals surface area contributed by atoms with Gasteiger partial charge in [0.15, 0.2) is 0 Å². The van der Waals surface area contributed by atoms with Crippen LogP contribution in [0.3, 0.4) is 0 Å². The summed E-state index contributed by atoms with van der Waals surface area (Å²) in [5.74, 6) is 0. The number of benzene rings is 7. The van der Waals surface area contributed by atoms with Crippen LogP contribution in [0.5, 0.6) is 0 Å². The topological polar surface area (TPSA) is 23.0 Å². The third-order valence-corrected chi connectivity index (χ3v) is 9.33. The van der Waals surface area contributed by atoms with Gasteiger partial charge < -0.3 is 13.6 Å². The number of rotatable bonds is 3. The summed E-state index contributed by atoms with van der Waals surface area (Å²) in [6, 6.07) is 56.5. The highest BCUT2D eigenvalue weighted by molar-refractivity contribution is 6.24. The molecule has 0 fully saturated rings. The molecule has 7 aromatic carbocycles. The largest absolute Gasteiger partial charge is 0.455 e. The molecule has 0 atom stereocenters. The van der Waals surface area contributed by atoms with Crippen molar-refractivity contribution < 1.29 is 4.42 Å². The molecule has 0 bridgehead atoms. The molecular formula is C42H26N2O. The molecule has 0 amide bonds. The Bertz CT molecular complexity index is 2690. The van der Waals surface area contributed by atoms with Gasteiger partial charge in [0, 0.05) is 38.3 Å². The Labute approximate surface area is 258 Å². The second-order valence-corrected chi connectivity index (χ2v) is 11.8. The monoisotopic (exact) mass is 574 g/mol. The maximum absolute atomic E-state index is 6.65. The summed E-state index contributed by atoms with van der Waals surface area (Å²) in [6.07, 6.45) is 0. The molecular weight excluding hydrogens is 548 g/mol. The predicted octanol–water partition coefficient (Wildman–Crippen LogP) is 11.4. The smallest absolute Gasteiger partial charge is 0.145 e. The molecule has 0 aliphatic rings. The number of fused-ring (bicyclic) bond motifs is 10. The second kappa shape index (κ2) is 9.22. The number of aromatic nitrogens is 2. The van der Waals surface area contributed by atoms with Crippen LogP contribution in [0.4, 0.5) is 0 Å². The average Bonchev–Trinajstić information content (AvgIpc) is 3.76.